The molecule has 1 radical (unpaired) electrons. The molecule has 0 aliphatic heterocycles. The predicted octanol–water partition coefficient (Wildman–Crippen LogP) is 1.51. The van der Waals surface area contributed by atoms with Gasteiger partial charge in [-0.1, -0.05) is 0 Å². The lowest BCUT2D eigenvalue weighted by Gasteiger charge is -2.18. The number of carbonyl (C=O) groups excluding carboxylic acids is 1. The van der Waals surface area contributed by atoms with E-state index in [2.05, 4.69) is 9.97 Å². The second-order valence-electron chi connectivity index (χ2n) is 3.59. The number of ether oxygens (including phenoxy) is 1. The first-order valence-corrected chi connectivity index (χ1v) is 3.84. The standard InChI is InChI=1S/C8H11N2O3/c1-8(2,3)13-6(11)5-4-9-7(12)10-5/h4H,1-3H3,(H,9,10). The summed E-state index contributed by atoms with van der Waals surface area (Å²) in [6, 6.07) is -0.541. The Balaban J connectivity index is 2.70. The highest BCUT2D eigenvalue weighted by Crippen LogP contribution is 2.11. The third-order valence-corrected chi connectivity index (χ3v) is 1.16. The van der Waals surface area contributed by atoms with E-state index in [1.165, 1.54) is 6.20 Å². The molecule has 5 nitrogen and oxygen atoms in total. The lowest BCUT2D eigenvalue weighted by atomic mass is 10.2. The van der Waals surface area contributed by atoms with E-state index in [0.29, 0.717) is 0 Å². The summed E-state index contributed by atoms with van der Waals surface area (Å²) in [5.41, 5.74) is -0.557. The van der Waals surface area contributed by atoms with Gasteiger partial charge in [-0.25, -0.2) is 9.90 Å². The van der Waals surface area contributed by atoms with Crippen LogP contribution in [-0.4, -0.2) is 21.5 Å². The monoisotopic (exact) mass is 183 g/mol. The van der Waals surface area contributed by atoms with Crippen LogP contribution >= 0.6 is 0 Å². The normalized spacial score (nSPS) is 11.3. The Morgan fingerprint density at radius 2 is 2.15 bits per heavy atom. The van der Waals surface area contributed by atoms with Gasteiger partial charge in [0.15, 0.2) is 5.69 Å². The van der Waals surface area contributed by atoms with Crippen molar-refractivity contribution in [2.75, 3.05) is 0 Å². The molecule has 0 fully saturated rings. The van der Waals surface area contributed by atoms with Crippen LogP contribution in [0.4, 0.5) is 0 Å². The van der Waals surface area contributed by atoms with Gasteiger partial charge < -0.3 is 9.72 Å². The zero-order valence-electron chi connectivity index (χ0n) is 7.75. The van der Waals surface area contributed by atoms with E-state index in [9.17, 15) is 9.90 Å². The van der Waals surface area contributed by atoms with E-state index in [4.69, 9.17) is 4.74 Å². The molecule has 5 heteroatoms. The summed E-state index contributed by atoms with van der Waals surface area (Å²) >= 11 is 0. The van der Waals surface area contributed by atoms with Crippen LogP contribution in [0.15, 0.2) is 6.20 Å². The van der Waals surface area contributed by atoms with Gasteiger partial charge in [-0.15, -0.1) is 0 Å². The van der Waals surface area contributed by atoms with E-state index in [1.807, 2.05) is 0 Å². The summed E-state index contributed by atoms with van der Waals surface area (Å²) in [4.78, 5) is 16.9. The molecule has 0 bridgehead atoms. The number of imidazole rings is 1. The lowest BCUT2D eigenvalue weighted by molar-refractivity contribution is 0.00626. The Kier molecular flexibility index (Phi) is 2.27. The smallest absolute Gasteiger partial charge is 0.359 e. The number of nitrogens with zero attached hydrogens (tertiary/aromatic N) is 1. The number of rotatable bonds is 1. The fourth-order valence-electron chi connectivity index (χ4n) is 0.739. The van der Waals surface area contributed by atoms with Gasteiger partial charge in [0.2, 0.25) is 0 Å². The summed E-state index contributed by atoms with van der Waals surface area (Å²) in [6.45, 7) is 5.24. The molecule has 0 atom stereocenters. The van der Waals surface area contributed by atoms with Gasteiger partial charge in [0.25, 0.3) is 0 Å². The molecule has 0 aliphatic rings. The maximum atomic E-state index is 11.2. The van der Waals surface area contributed by atoms with Gasteiger partial charge in [0, 0.05) is 6.20 Å². The van der Waals surface area contributed by atoms with E-state index in [-0.39, 0.29) is 5.69 Å². The van der Waals surface area contributed by atoms with E-state index in [0.717, 1.165) is 0 Å². The number of esters is 1. The highest BCUT2D eigenvalue weighted by Gasteiger charge is 2.19. The molecule has 0 unspecified atom stereocenters. The first-order valence-electron chi connectivity index (χ1n) is 3.84. The number of hydrogen-bond acceptors (Lipinski definition) is 3. The molecule has 0 saturated carbocycles. The summed E-state index contributed by atoms with van der Waals surface area (Å²) < 4.78 is 4.98. The molecule has 1 aromatic heterocycles. The Labute approximate surface area is 75.8 Å². The topological polar surface area (TPSA) is 74.9 Å². The zero-order chi connectivity index (χ0) is 10.1. The van der Waals surface area contributed by atoms with Crippen LogP contribution in [0.1, 0.15) is 31.3 Å². The largest absolute Gasteiger partial charge is 0.455 e. The maximum absolute atomic E-state index is 11.2. The van der Waals surface area contributed by atoms with Crippen LogP contribution < -0.4 is 0 Å². The fourth-order valence-corrected chi connectivity index (χ4v) is 0.739. The van der Waals surface area contributed by atoms with Gasteiger partial charge in [0.05, 0.1) is 0 Å². The highest BCUT2D eigenvalue weighted by molar-refractivity contribution is 5.87. The second-order valence-corrected chi connectivity index (χ2v) is 3.59. The summed E-state index contributed by atoms with van der Waals surface area (Å²) in [7, 11) is 0. The van der Waals surface area contributed by atoms with Crippen molar-refractivity contribution in [1.29, 1.82) is 0 Å². The fraction of sp³-hybridized carbons (Fsp3) is 0.500. The molecule has 1 heterocycles. The van der Waals surface area contributed by atoms with E-state index >= 15 is 0 Å². The molecular weight excluding hydrogens is 172 g/mol. The first kappa shape index (κ1) is 9.57. The number of aromatic amines is 1. The van der Waals surface area contributed by atoms with Gasteiger partial charge in [0.1, 0.15) is 5.60 Å². The average Bonchev–Trinajstić information content (AvgIpc) is 2.31. The molecule has 0 saturated heterocycles. The van der Waals surface area contributed by atoms with Crippen molar-refractivity contribution in [3.05, 3.63) is 11.9 Å². The quantitative estimate of drug-likeness (QED) is 0.670. The molecule has 0 aromatic carbocycles. The summed E-state index contributed by atoms with van der Waals surface area (Å²) in [5, 5.41) is 10.6. The lowest BCUT2D eigenvalue weighted by Crippen LogP contribution is -2.24. The molecule has 0 amide bonds. The van der Waals surface area contributed by atoms with Crippen molar-refractivity contribution < 1.29 is 14.6 Å². The molecule has 1 rings (SSSR count). The Morgan fingerprint density at radius 1 is 1.54 bits per heavy atom. The number of H-pyrrole nitrogens is 1. The molecule has 0 aliphatic carbocycles. The van der Waals surface area contributed by atoms with Crippen LogP contribution in [0, 0.1) is 0 Å². The minimum atomic E-state index is -0.592. The SMILES string of the molecule is CC(C)(C)OC(=O)c1c[nH]c([O])n1. The Morgan fingerprint density at radius 3 is 2.54 bits per heavy atom. The van der Waals surface area contributed by atoms with Crippen molar-refractivity contribution in [1.82, 2.24) is 9.97 Å². The molecule has 13 heavy (non-hydrogen) atoms. The number of hydrogen-bond donors (Lipinski definition) is 1. The van der Waals surface area contributed by atoms with Crippen molar-refractivity contribution in [3.8, 4) is 6.01 Å². The second kappa shape index (κ2) is 3.08. The van der Waals surface area contributed by atoms with Crippen LogP contribution in [0.2, 0.25) is 0 Å². The van der Waals surface area contributed by atoms with Crippen molar-refractivity contribution in [3.63, 3.8) is 0 Å². The predicted molar refractivity (Wildman–Crippen MR) is 43.9 cm³/mol. The van der Waals surface area contributed by atoms with Gasteiger partial charge >= 0.3 is 12.0 Å². The third-order valence-electron chi connectivity index (χ3n) is 1.16. The van der Waals surface area contributed by atoms with Crippen LogP contribution in [0.3, 0.4) is 0 Å². The van der Waals surface area contributed by atoms with E-state index in [1.54, 1.807) is 20.8 Å². The summed E-state index contributed by atoms with van der Waals surface area (Å²) in [5.74, 6) is -0.592. The molecule has 1 N–H and O–H groups in total. The van der Waals surface area contributed by atoms with Crippen molar-refractivity contribution in [2.45, 2.75) is 26.4 Å². The Bertz CT molecular complexity index is 311. The zero-order valence-corrected chi connectivity index (χ0v) is 7.75. The summed E-state index contributed by atoms with van der Waals surface area (Å²) in [6.07, 6.45) is 1.23. The Hall–Kier alpha value is -1.52. The molecule has 71 valence electrons. The molecule has 1 aromatic rings. The minimum absolute atomic E-state index is 0.0138. The first-order chi connectivity index (χ1) is 5.88. The van der Waals surface area contributed by atoms with Crippen molar-refractivity contribution in [2.24, 2.45) is 0 Å². The third kappa shape index (κ3) is 2.77. The van der Waals surface area contributed by atoms with E-state index < -0.39 is 17.6 Å². The molecular formula is C8H11N2O3. The van der Waals surface area contributed by atoms with Crippen LogP contribution in [0.5, 0.6) is 6.01 Å². The average molecular weight is 183 g/mol. The van der Waals surface area contributed by atoms with Gasteiger partial charge in [-0.3, -0.25) is 0 Å². The van der Waals surface area contributed by atoms with Crippen LogP contribution in [0.25, 0.3) is 0 Å². The molecule has 0 spiro atoms. The van der Waals surface area contributed by atoms with Gasteiger partial charge in [-0.05, 0) is 20.8 Å². The number of aromatic nitrogens is 2. The van der Waals surface area contributed by atoms with Crippen molar-refractivity contribution >= 4 is 5.97 Å². The number of nitrogens with one attached hydrogen (secondary N) is 1. The number of carbonyl (C=O) groups is 1. The van der Waals surface area contributed by atoms with Gasteiger partial charge in [-0.2, -0.15) is 4.98 Å². The van der Waals surface area contributed by atoms with Crippen LogP contribution in [-0.2, 0) is 9.84 Å². The highest BCUT2D eigenvalue weighted by atomic mass is 16.6. The maximum Gasteiger partial charge on any atom is 0.359 e. The minimum Gasteiger partial charge on any atom is -0.455 e.